The number of amides is 1. The van der Waals surface area contributed by atoms with Crippen molar-refractivity contribution in [3.8, 4) is 17.6 Å². The molecule has 2 heterocycles. The lowest BCUT2D eigenvalue weighted by atomic mass is 10.0. The number of carbonyl (C=O) groups is 2. The van der Waals surface area contributed by atoms with E-state index >= 15 is 0 Å². The molecule has 0 radical (unpaired) electrons. The maximum absolute atomic E-state index is 13.3. The van der Waals surface area contributed by atoms with Gasteiger partial charge in [-0.05, 0) is 42.5 Å². The van der Waals surface area contributed by atoms with E-state index in [9.17, 15) is 14.4 Å². The lowest BCUT2D eigenvalue weighted by molar-refractivity contribution is 0.102. The van der Waals surface area contributed by atoms with Crippen LogP contribution in [0.1, 0.15) is 26.3 Å². The number of anilines is 1. The number of hydrogen-bond acceptors (Lipinski definition) is 8. The van der Waals surface area contributed by atoms with Crippen molar-refractivity contribution in [3.63, 3.8) is 0 Å². The van der Waals surface area contributed by atoms with Crippen LogP contribution in [0.5, 0.6) is 11.6 Å². The Kier molecular flexibility index (Phi) is 6.98. The van der Waals surface area contributed by atoms with Crippen molar-refractivity contribution < 1.29 is 19.1 Å². The first-order chi connectivity index (χ1) is 18.9. The van der Waals surface area contributed by atoms with Gasteiger partial charge in [-0.15, -0.1) is 0 Å². The van der Waals surface area contributed by atoms with Crippen molar-refractivity contribution in [2.75, 3.05) is 19.5 Å². The van der Waals surface area contributed by atoms with Gasteiger partial charge in [0, 0.05) is 22.4 Å². The highest BCUT2D eigenvalue weighted by molar-refractivity contribution is 7.71. The van der Waals surface area contributed by atoms with E-state index in [0.717, 1.165) is 4.57 Å². The first-order valence-electron chi connectivity index (χ1n) is 11.6. The zero-order valence-corrected chi connectivity index (χ0v) is 21.6. The molecular formula is C28H21N5O5S. The Labute approximate surface area is 226 Å². The molecule has 3 aromatic carbocycles. The predicted molar refractivity (Wildman–Crippen MR) is 148 cm³/mol. The number of hydrogen-bond donors (Lipinski definition) is 2. The molecule has 39 heavy (non-hydrogen) atoms. The predicted octanol–water partition coefficient (Wildman–Crippen LogP) is 4.34. The molecule has 11 heteroatoms. The van der Waals surface area contributed by atoms with E-state index in [0.29, 0.717) is 28.1 Å². The van der Waals surface area contributed by atoms with Crippen molar-refractivity contribution in [2.45, 2.75) is 0 Å². The number of nitrogens with zero attached hydrogens (tertiary/aromatic N) is 3. The topological polar surface area (TPSA) is 128 Å². The minimum atomic E-state index is -0.472. The molecule has 0 aliphatic heterocycles. The summed E-state index contributed by atoms with van der Waals surface area (Å²) in [5.41, 5.74) is 1.63. The number of rotatable bonds is 7. The van der Waals surface area contributed by atoms with Crippen LogP contribution in [-0.2, 0) is 0 Å². The zero-order valence-electron chi connectivity index (χ0n) is 20.8. The van der Waals surface area contributed by atoms with Crippen LogP contribution in [0, 0.1) is 4.77 Å². The largest absolute Gasteiger partial charge is 0.490 e. The molecule has 1 amide bonds. The molecule has 0 bridgehead atoms. The molecule has 0 unspecified atom stereocenters. The van der Waals surface area contributed by atoms with Crippen molar-refractivity contribution in [1.29, 1.82) is 0 Å². The van der Waals surface area contributed by atoms with Crippen LogP contribution in [0.2, 0.25) is 0 Å². The van der Waals surface area contributed by atoms with Crippen molar-refractivity contribution >= 4 is 40.5 Å². The van der Waals surface area contributed by atoms with E-state index in [1.54, 1.807) is 48.5 Å². The second kappa shape index (κ2) is 10.7. The highest BCUT2D eigenvalue weighted by atomic mass is 32.1. The first-order valence-corrected chi connectivity index (χ1v) is 12.1. The van der Waals surface area contributed by atoms with Gasteiger partial charge in [-0.2, -0.15) is 4.98 Å². The van der Waals surface area contributed by atoms with Gasteiger partial charge in [0.25, 0.3) is 17.3 Å². The molecule has 5 aromatic rings. The number of H-pyrrole nitrogens is 1. The number of ketones is 1. The molecule has 0 spiro atoms. The van der Waals surface area contributed by atoms with Crippen LogP contribution < -0.4 is 20.3 Å². The van der Waals surface area contributed by atoms with E-state index in [1.165, 1.54) is 38.6 Å². The van der Waals surface area contributed by atoms with Crippen LogP contribution in [0.15, 0.2) is 83.8 Å². The number of ether oxygens (including phenoxy) is 2. The lowest BCUT2D eigenvalue weighted by Crippen LogP contribution is -2.23. The number of fused-ring (bicyclic) bond motifs is 1. The molecular weight excluding hydrogens is 518 g/mol. The SMILES string of the molecule is COc1cnc(-n2c(=S)[nH]c3cc(C(=O)Nc4cccc(C(=O)c5ccccc5)c4)ccc3c2=O)nc1OC. The van der Waals surface area contributed by atoms with Crippen molar-refractivity contribution in [1.82, 2.24) is 19.5 Å². The third-order valence-electron chi connectivity index (χ3n) is 5.90. The van der Waals surface area contributed by atoms with Crippen LogP contribution >= 0.6 is 12.2 Å². The number of aromatic nitrogens is 4. The molecule has 0 aliphatic carbocycles. The van der Waals surface area contributed by atoms with Crippen molar-refractivity contribution in [2.24, 2.45) is 0 Å². The number of methoxy groups -OCH3 is 2. The second-order valence-electron chi connectivity index (χ2n) is 8.31. The third-order valence-corrected chi connectivity index (χ3v) is 6.19. The molecule has 194 valence electrons. The second-order valence-corrected chi connectivity index (χ2v) is 8.70. The van der Waals surface area contributed by atoms with Crippen LogP contribution in [0.25, 0.3) is 16.9 Å². The summed E-state index contributed by atoms with van der Waals surface area (Å²) >= 11 is 5.41. The number of carbonyl (C=O) groups excluding carboxylic acids is 2. The van der Waals surface area contributed by atoms with Crippen LogP contribution in [-0.4, -0.2) is 45.4 Å². The molecule has 5 rings (SSSR count). The summed E-state index contributed by atoms with van der Waals surface area (Å²) in [5.74, 6) is -0.124. The number of nitrogens with one attached hydrogen (secondary N) is 2. The standard InChI is InChI=1S/C28H21N5O5S/c1-37-22-15-29-27(32-25(22)38-2)33-26(36)20-12-11-18(14-21(20)31-28(33)39)24(35)30-19-10-6-9-17(13-19)23(34)16-7-4-3-5-8-16/h3-15H,1-2H3,(H,30,35)(H,31,39). The first kappa shape index (κ1) is 25.5. The fourth-order valence-corrected chi connectivity index (χ4v) is 4.25. The summed E-state index contributed by atoms with van der Waals surface area (Å²) in [5, 5.41) is 3.07. The molecule has 0 fully saturated rings. The van der Waals surface area contributed by atoms with Gasteiger partial charge in [0.2, 0.25) is 5.95 Å². The summed E-state index contributed by atoms with van der Waals surface area (Å²) in [7, 11) is 2.87. The summed E-state index contributed by atoms with van der Waals surface area (Å²) in [4.78, 5) is 50.4. The zero-order chi connectivity index (χ0) is 27.5. The van der Waals surface area contributed by atoms with E-state index in [-0.39, 0.29) is 33.3 Å². The van der Waals surface area contributed by atoms with Crippen molar-refractivity contribution in [3.05, 3.63) is 111 Å². The minimum Gasteiger partial charge on any atom is -0.490 e. The average Bonchev–Trinajstić information content (AvgIpc) is 2.97. The molecule has 0 atom stereocenters. The average molecular weight is 540 g/mol. The van der Waals surface area contributed by atoms with E-state index in [4.69, 9.17) is 21.7 Å². The highest BCUT2D eigenvalue weighted by Gasteiger charge is 2.16. The maximum Gasteiger partial charge on any atom is 0.269 e. The van der Waals surface area contributed by atoms with Gasteiger partial charge < -0.3 is 19.8 Å². The molecule has 0 aliphatic rings. The maximum atomic E-state index is 13.3. The molecule has 2 N–H and O–H groups in total. The van der Waals surface area contributed by atoms with E-state index in [1.807, 2.05) is 6.07 Å². The van der Waals surface area contributed by atoms with E-state index in [2.05, 4.69) is 20.3 Å². The number of aromatic amines is 1. The Morgan fingerprint density at radius 2 is 1.69 bits per heavy atom. The fraction of sp³-hybridized carbons (Fsp3) is 0.0714. The summed E-state index contributed by atoms with van der Waals surface area (Å²) in [6.45, 7) is 0. The summed E-state index contributed by atoms with van der Waals surface area (Å²) in [6, 6.07) is 20.1. The van der Waals surface area contributed by atoms with Crippen LogP contribution in [0.3, 0.4) is 0 Å². The smallest absolute Gasteiger partial charge is 0.269 e. The Morgan fingerprint density at radius 3 is 2.44 bits per heavy atom. The van der Waals surface area contributed by atoms with Gasteiger partial charge in [0.15, 0.2) is 16.3 Å². The normalized spacial score (nSPS) is 10.7. The highest BCUT2D eigenvalue weighted by Crippen LogP contribution is 2.23. The van der Waals surface area contributed by atoms with Gasteiger partial charge in [0.1, 0.15) is 0 Å². The van der Waals surface area contributed by atoms with Gasteiger partial charge in [-0.25, -0.2) is 9.55 Å². The Morgan fingerprint density at radius 1 is 0.923 bits per heavy atom. The fourth-order valence-electron chi connectivity index (χ4n) is 3.98. The molecule has 0 saturated carbocycles. The summed E-state index contributed by atoms with van der Waals surface area (Å²) in [6.07, 6.45) is 1.38. The van der Waals surface area contributed by atoms with E-state index < -0.39 is 11.5 Å². The Balaban J connectivity index is 1.44. The quantitative estimate of drug-likeness (QED) is 0.231. The summed E-state index contributed by atoms with van der Waals surface area (Å²) < 4.78 is 11.5. The molecule has 2 aromatic heterocycles. The van der Waals surface area contributed by atoms with Gasteiger partial charge >= 0.3 is 0 Å². The third kappa shape index (κ3) is 5.03. The van der Waals surface area contributed by atoms with Crippen LogP contribution in [0.4, 0.5) is 5.69 Å². The number of benzene rings is 3. The lowest BCUT2D eigenvalue weighted by Gasteiger charge is -2.11. The van der Waals surface area contributed by atoms with Gasteiger partial charge in [0.05, 0.1) is 31.3 Å². The Hall–Kier alpha value is -5.16. The molecule has 0 saturated heterocycles. The van der Waals surface area contributed by atoms with Gasteiger partial charge in [-0.1, -0.05) is 42.5 Å². The monoisotopic (exact) mass is 539 g/mol. The Bertz CT molecular complexity index is 1850. The molecule has 10 nitrogen and oxygen atoms in total. The minimum absolute atomic E-state index is 0.00699. The van der Waals surface area contributed by atoms with Gasteiger partial charge in [-0.3, -0.25) is 14.4 Å².